The molecule has 0 aromatic heterocycles. The van der Waals surface area contributed by atoms with Crippen molar-refractivity contribution < 1.29 is 4.79 Å². The molecule has 0 unspecified atom stereocenters. The fourth-order valence-corrected chi connectivity index (χ4v) is 2.03. The summed E-state index contributed by atoms with van der Waals surface area (Å²) in [4.78, 5) is 11.9. The number of hydrogen-bond donors (Lipinski definition) is 2. The zero-order valence-corrected chi connectivity index (χ0v) is 11.4. The molecule has 0 atom stereocenters. The highest BCUT2D eigenvalue weighted by molar-refractivity contribution is 5.78. The van der Waals surface area contributed by atoms with Gasteiger partial charge in [0, 0.05) is 12.5 Å². The molecule has 0 radical (unpaired) electrons. The second-order valence-electron chi connectivity index (χ2n) is 4.60. The third-order valence-corrected chi connectivity index (χ3v) is 2.99. The van der Waals surface area contributed by atoms with E-state index in [1.807, 2.05) is 30.3 Å². The van der Waals surface area contributed by atoms with Crippen molar-refractivity contribution in [2.45, 2.75) is 46.1 Å². The van der Waals surface area contributed by atoms with Crippen LogP contribution in [0.5, 0.6) is 0 Å². The summed E-state index contributed by atoms with van der Waals surface area (Å²) in [7, 11) is 0. The minimum Gasteiger partial charge on any atom is -0.291 e. The zero-order chi connectivity index (χ0) is 13.2. The molecule has 1 rings (SSSR count). The maximum atomic E-state index is 11.9. The van der Waals surface area contributed by atoms with Crippen LogP contribution in [-0.2, 0) is 11.3 Å². The molecule has 1 aromatic rings. The highest BCUT2D eigenvalue weighted by atomic mass is 16.2. The van der Waals surface area contributed by atoms with E-state index in [0.717, 1.165) is 25.7 Å². The van der Waals surface area contributed by atoms with Gasteiger partial charge in [0.2, 0.25) is 5.91 Å². The molecule has 100 valence electrons. The summed E-state index contributed by atoms with van der Waals surface area (Å²) < 4.78 is 0. The van der Waals surface area contributed by atoms with Gasteiger partial charge in [0.1, 0.15) is 0 Å². The first kappa shape index (κ1) is 14.7. The lowest BCUT2D eigenvalue weighted by Crippen LogP contribution is -2.40. The van der Waals surface area contributed by atoms with Gasteiger partial charge in [0.25, 0.3) is 0 Å². The van der Waals surface area contributed by atoms with Gasteiger partial charge in [-0.3, -0.25) is 10.2 Å². The van der Waals surface area contributed by atoms with E-state index in [0.29, 0.717) is 6.54 Å². The number of amides is 1. The summed E-state index contributed by atoms with van der Waals surface area (Å²) in [5.74, 6) is 0.262. The number of benzene rings is 1. The lowest BCUT2D eigenvalue weighted by atomic mass is 9.98. The van der Waals surface area contributed by atoms with E-state index in [9.17, 15) is 4.79 Å². The van der Waals surface area contributed by atoms with Crippen LogP contribution in [0.3, 0.4) is 0 Å². The maximum Gasteiger partial charge on any atom is 0.237 e. The molecule has 0 bridgehead atoms. The van der Waals surface area contributed by atoms with Gasteiger partial charge in [-0.2, -0.15) is 0 Å². The Bertz CT molecular complexity index is 332. The number of hydrazine groups is 1. The van der Waals surface area contributed by atoms with Crippen LogP contribution >= 0.6 is 0 Å². The third kappa shape index (κ3) is 5.32. The molecule has 2 N–H and O–H groups in total. The second kappa shape index (κ2) is 8.70. The minimum absolute atomic E-state index is 0.120. The standard InChI is InChI=1S/C15H24N2O/c1-3-8-14(9-4-2)15(18)17-16-12-13-10-6-5-7-11-13/h5-7,10-11,14,16H,3-4,8-9,12H2,1-2H3,(H,17,18). The zero-order valence-electron chi connectivity index (χ0n) is 11.4. The van der Waals surface area contributed by atoms with Crippen LogP contribution in [-0.4, -0.2) is 5.91 Å². The van der Waals surface area contributed by atoms with Gasteiger partial charge in [-0.1, -0.05) is 57.0 Å². The number of hydrogen-bond acceptors (Lipinski definition) is 2. The number of carbonyl (C=O) groups excluding carboxylic acids is 1. The van der Waals surface area contributed by atoms with Crippen molar-refractivity contribution in [3.05, 3.63) is 35.9 Å². The van der Waals surface area contributed by atoms with Gasteiger partial charge < -0.3 is 0 Å². The normalized spacial score (nSPS) is 10.6. The van der Waals surface area contributed by atoms with E-state index >= 15 is 0 Å². The lowest BCUT2D eigenvalue weighted by molar-refractivity contribution is -0.126. The molecule has 1 amide bonds. The summed E-state index contributed by atoms with van der Waals surface area (Å²) in [6.07, 6.45) is 4.03. The topological polar surface area (TPSA) is 41.1 Å². The Morgan fingerprint density at radius 1 is 1.11 bits per heavy atom. The molecule has 0 saturated carbocycles. The van der Waals surface area contributed by atoms with Gasteiger partial charge >= 0.3 is 0 Å². The van der Waals surface area contributed by atoms with E-state index in [1.54, 1.807) is 0 Å². The van der Waals surface area contributed by atoms with Gasteiger partial charge in [-0.25, -0.2) is 5.43 Å². The molecule has 0 saturated heterocycles. The molecule has 3 heteroatoms. The minimum atomic E-state index is 0.120. The average Bonchev–Trinajstić information content (AvgIpc) is 2.39. The Kier molecular flexibility index (Phi) is 7.11. The molecular weight excluding hydrogens is 224 g/mol. The maximum absolute atomic E-state index is 11.9. The monoisotopic (exact) mass is 248 g/mol. The Balaban J connectivity index is 2.30. The van der Waals surface area contributed by atoms with Crippen molar-refractivity contribution in [2.75, 3.05) is 0 Å². The first-order valence-corrected chi connectivity index (χ1v) is 6.84. The third-order valence-electron chi connectivity index (χ3n) is 2.99. The predicted molar refractivity (Wildman–Crippen MR) is 74.7 cm³/mol. The van der Waals surface area contributed by atoms with Crippen LogP contribution in [0, 0.1) is 5.92 Å². The fourth-order valence-electron chi connectivity index (χ4n) is 2.03. The summed E-state index contributed by atoms with van der Waals surface area (Å²) in [5.41, 5.74) is 6.98. The SMILES string of the molecule is CCCC(CCC)C(=O)NNCc1ccccc1. The van der Waals surface area contributed by atoms with Crippen LogP contribution in [0.1, 0.15) is 45.1 Å². The smallest absolute Gasteiger partial charge is 0.237 e. The quantitative estimate of drug-likeness (QED) is 0.694. The van der Waals surface area contributed by atoms with Crippen molar-refractivity contribution >= 4 is 5.91 Å². The number of carbonyl (C=O) groups is 1. The molecular formula is C15H24N2O. The first-order valence-electron chi connectivity index (χ1n) is 6.84. The second-order valence-corrected chi connectivity index (χ2v) is 4.60. The molecule has 0 spiro atoms. The van der Waals surface area contributed by atoms with Crippen molar-refractivity contribution in [1.82, 2.24) is 10.9 Å². The van der Waals surface area contributed by atoms with Gasteiger partial charge in [0.15, 0.2) is 0 Å². The van der Waals surface area contributed by atoms with E-state index in [1.165, 1.54) is 5.56 Å². The summed E-state index contributed by atoms with van der Waals surface area (Å²) in [6.45, 7) is 4.90. The molecule has 3 nitrogen and oxygen atoms in total. The van der Waals surface area contributed by atoms with E-state index in [2.05, 4.69) is 24.7 Å². The first-order chi connectivity index (χ1) is 8.77. The number of nitrogens with one attached hydrogen (secondary N) is 2. The number of rotatable bonds is 8. The molecule has 0 heterocycles. The van der Waals surface area contributed by atoms with Crippen LogP contribution < -0.4 is 10.9 Å². The van der Waals surface area contributed by atoms with E-state index in [-0.39, 0.29) is 11.8 Å². The summed E-state index contributed by atoms with van der Waals surface area (Å²) in [6, 6.07) is 10.1. The Morgan fingerprint density at radius 3 is 2.28 bits per heavy atom. The van der Waals surface area contributed by atoms with Crippen LogP contribution in [0.25, 0.3) is 0 Å². The van der Waals surface area contributed by atoms with E-state index in [4.69, 9.17) is 0 Å². The lowest BCUT2D eigenvalue weighted by Gasteiger charge is -2.15. The fraction of sp³-hybridized carbons (Fsp3) is 0.533. The Hall–Kier alpha value is -1.35. The molecule has 0 aliphatic heterocycles. The highest BCUT2D eigenvalue weighted by Crippen LogP contribution is 2.13. The van der Waals surface area contributed by atoms with Gasteiger partial charge in [-0.15, -0.1) is 0 Å². The Morgan fingerprint density at radius 2 is 1.72 bits per heavy atom. The molecule has 0 aliphatic rings. The molecule has 0 aliphatic carbocycles. The summed E-state index contributed by atoms with van der Waals surface area (Å²) >= 11 is 0. The van der Waals surface area contributed by atoms with Crippen LogP contribution in [0.15, 0.2) is 30.3 Å². The Labute approximate surface area is 110 Å². The predicted octanol–water partition coefficient (Wildman–Crippen LogP) is 3.02. The van der Waals surface area contributed by atoms with Crippen molar-refractivity contribution in [2.24, 2.45) is 5.92 Å². The highest BCUT2D eigenvalue weighted by Gasteiger charge is 2.15. The van der Waals surface area contributed by atoms with Crippen LogP contribution in [0.2, 0.25) is 0 Å². The molecule has 0 fully saturated rings. The average molecular weight is 248 g/mol. The van der Waals surface area contributed by atoms with Crippen LogP contribution in [0.4, 0.5) is 0 Å². The van der Waals surface area contributed by atoms with Crippen molar-refractivity contribution in [3.63, 3.8) is 0 Å². The van der Waals surface area contributed by atoms with E-state index < -0.39 is 0 Å². The largest absolute Gasteiger partial charge is 0.291 e. The van der Waals surface area contributed by atoms with Gasteiger partial charge in [-0.05, 0) is 18.4 Å². The van der Waals surface area contributed by atoms with Crippen molar-refractivity contribution in [1.29, 1.82) is 0 Å². The molecule has 18 heavy (non-hydrogen) atoms. The van der Waals surface area contributed by atoms with Crippen molar-refractivity contribution in [3.8, 4) is 0 Å². The summed E-state index contributed by atoms with van der Waals surface area (Å²) in [5, 5.41) is 0. The van der Waals surface area contributed by atoms with Gasteiger partial charge in [0.05, 0.1) is 0 Å². The molecule has 1 aromatic carbocycles.